The Morgan fingerprint density at radius 1 is 1.33 bits per heavy atom. The average molecular weight is 317 g/mol. The molecule has 0 aliphatic heterocycles. The molecule has 15 heavy (non-hydrogen) atoms. The van der Waals surface area contributed by atoms with Crippen LogP contribution < -0.4 is 5.32 Å². The van der Waals surface area contributed by atoms with Crippen LogP contribution in [0.15, 0.2) is 18.2 Å². The third-order valence-corrected chi connectivity index (χ3v) is 3.08. The predicted octanol–water partition coefficient (Wildman–Crippen LogP) is 3.13. The quantitative estimate of drug-likeness (QED) is 0.792. The zero-order valence-electron chi connectivity index (χ0n) is 9.52. The summed E-state index contributed by atoms with van der Waals surface area (Å²) in [5.74, 6) is -0.0135. The number of halogens is 1. The molecule has 2 nitrogen and oxygen atoms in total. The summed E-state index contributed by atoms with van der Waals surface area (Å²) in [7, 11) is 0. The van der Waals surface area contributed by atoms with Crippen LogP contribution in [0.2, 0.25) is 0 Å². The van der Waals surface area contributed by atoms with E-state index in [1.165, 1.54) is 5.56 Å². The third kappa shape index (κ3) is 3.81. The number of aryl methyl sites for hydroxylation is 1. The maximum absolute atomic E-state index is 11.8. The molecule has 0 atom stereocenters. The van der Waals surface area contributed by atoms with Gasteiger partial charge in [0.25, 0.3) is 5.91 Å². The van der Waals surface area contributed by atoms with Crippen LogP contribution >= 0.6 is 22.6 Å². The van der Waals surface area contributed by atoms with Gasteiger partial charge in [-0.2, -0.15) is 0 Å². The summed E-state index contributed by atoms with van der Waals surface area (Å²) in [6, 6.07) is 5.74. The van der Waals surface area contributed by atoms with E-state index in [2.05, 4.69) is 27.9 Å². The number of amides is 1. The molecule has 0 saturated heterocycles. The lowest BCUT2D eigenvalue weighted by Crippen LogP contribution is -2.40. The molecule has 0 bridgehead atoms. The van der Waals surface area contributed by atoms with Crippen molar-refractivity contribution < 1.29 is 4.79 Å². The summed E-state index contributed by atoms with van der Waals surface area (Å²) >= 11 is 2.24. The van der Waals surface area contributed by atoms with E-state index >= 15 is 0 Å². The van der Waals surface area contributed by atoms with Crippen LogP contribution in [0.3, 0.4) is 0 Å². The van der Waals surface area contributed by atoms with Gasteiger partial charge in [0.2, 0.25) is 0 Å². The van der Waals surface area contributed by atoms with E-state index in [9.17, 15) is 4.79 Å². The van der Waals surface area contributed by atoms with Crippen molar-refractivity contribution >= 4 is 28.5 Å². The van der Waals surface area contributed by atoms with Crippen LogP contribution in [-0.4, -0.2) is 11.4 Å². The summed E-state index contributed by atoms with van der Waals surface area (Å²) in [6.07, 6.45) is 0. The van der Waals surface area contributed by atoms with Gasteiger partial charge in [0, 0.05) is 14.7 Å². The highest BCUT2D eigenvalue weighted by molar-refractivity contribution is 14.1. The van der Waals surface area contributed by atoms with Gasteiger partial charge in [-0.05, 0) is 68.0 Å². The van der Waals surface area contributed by atoms with Crippen molar-refractivity contribution in [1.29, 1.82) is 0 Å². The first kappa shape index (κ1) is 12.5. The molecule has 1 aromatic carbocycles. The second kappa shape index (κ2) is 4.51. The molecule has 0 aliphatic carbocycles. The minimum atomic E-state index is -0.187. The maximum Gasteiger partial charge on any atom is 0.251 e. The van der Waals surface area contributed by atoms with Crippen molar-refractivity contribution in [2.45, 2.75) is 33.2 Å². The Bertz CT molecular complexity index is 380. The van der Waals surface area contributed by atoms with E-state index in [-0.39, 0.29) is 11.4 Å². The summed E-state index contributed by atoms with van der Waals surface area (Å²) < 4.78 is 1.12. The van der Waals surface area contributed by atoms with Crippen LogP contribution in [-0.2, 0) is 0 Å². The molecule has 0 aromatic heterocycles. The first-order valence-corrected chi connectivity index (χ1v) is 5.96. The number of hydrogen-bond acceptors (Lipinski definition) is 1. The van der Waals surface area contributed by atoms with E-state index in [0.29, 0.717) is 0 Å². The number of nitrogens with one attached hydrogen (secondary N) is 1. The fourth-order valence-electron chi connectivity index (χ4n) is 1.15. The molecule has 82 valence electrons. The fourth-order valence-corrected chi connectivity index (χ4v) is 1.66. The zero-order valence-corrected chi connectivity index (χ0v) is 11.7. The highest BCUT2D eigenvalue weighted by atomic mass is 127. The summed E-state index contributed by atoms with van der Waals surface area (Å²) in [6.45, 7) is 7.96. The van der Waals surface area contributed by atoms with E-state index in [1.54, 1.807) is 0 Å². The molecule has 0 radical (unpaired) electrons. The van der Waals surface area contributed by atoms with Gasteiger partial charge in [-0.25, -0.2) is 0 Å². The molecule has 0 aliphatic rings. The molecule has 0 heterocycles. The van der Waals surface area contributed by atoms with Crippen molar-refractivity contribution in [2.75, 3.05) is 0 Å². The van der Waals surface area contributed by atoms with E-state index in [0.717, 1.165) is 9.13 Å². The number of rotatable bonds is 1. The van der Waals surface area contributed by atoms with Crippen LogP contribution in [0.5, 0.6) is 0 Å². The highest BCUT2D eigenvalue weighted by Crippen LogP contribution is 2.14. The minimum Gasteiger partial charge on any atom is -0.347 e. The van der Waals surface area contributed by atoms with Crippen LogP contribution in [0.25, 0.3) is 0 Å². The second-order valence-electron chi connectivity index (χ2n) is 4.67. The lowest BCUT2D eigenvalue weighted by molar-refractivity contribution is 0.0919. The van der Waals surface area contributed by atoms with E-state index in [4.69, 9.17) is 0 Å². The number of hydrogen-bond donors (Lipinski definition) is 1. The Balaban J connectivity index is 2.88. The highest BCUT2D eigenvalue weighted by Gasteiger charge is 2.15. The SMILES string of the molecule is Cc1ccc(C(=O)NC(C)(C)C)cc1I. The Morgan fingerprint density at radius 3 is 2.40 bits per heavy atom. The van der Waals surface area contributed by atoms with Crippen molar-refractivity contribution in [1.82, 2.24) is 5.32 Å². The van der Waals surface area contributed by atoms with Gasteiger partial charge in [-0.15, -0.1) is 0 Å². The summed E-state index contributed by atoms with van der Waals surface area (Å²) in [5.41, 5.74) is 1.73. The standard InChI is InChI=1S/C12H16INO/c1-8-5-6-9(7-10(8)13)11(15)14-12(2,3)4/h5-7H,1-4H3,(H,14,15). The summed E-state index contributed by atoms with van der Waals surface area (Å²) in [4.78, 5) is 11.8. The lowest BCUT2D eigenvalue weighted by atomic mass is 10.1. The molecule has 0 fully saturated rings. The van der Waals surface area contributed by atoms with Gasteiger partial charge in [0.1, 0.15) is 0 Å². The van der Waals surface area contributed by atoms with Crippen molar-refractivity contribution in [3.8, 4) is 0 Å². The molecule has 0 spiro atoms. The number of carbonyl (C=O) groups excluding carboxylic acids is 1. The molecule has 1 amide bonds. The number of benzene rings is 1. The van der Waals surface area contributed by atoms with Gasteiger partial charge in [0.05, 0.1) is 0 Å². The monoisotopic (exact) mass is 317 g/mol. The molecule has 0 saturated carbocycles. The average Bonchev–Trinajstić information content (AvgIpc) is 2.06. The Hall–Kier alpha value is -0.580. The van der Waals surface area contributed by atoms with Crippen molar-refractivity contribution in [2.24, 2.45) is 0 Å². The van der Waals surface area contributed by atoms with Crippen molar-refractivity contribution in [3.63, 3.8) is 0 Å². The first-order valence-electron chi connectivity index (χ1n) is 4.88. The molecule has 1 N–H and O–H groups in total. The van der Waals surface area contributed by atoms with Gasteiger partial charge in [-0.3, -0.25) is 4.79 Å². The van der Waals surface area contributed by atoms with Crippen LogP contribution in [0.1, 0.15) is 36.7 Å². The molecular weight excluding hydrogens is 301 g/mol. The Morgan fingerprint density at radius 2 is 1.93 bits per heavy atom. The minimum absolute atomic E-state index is 0.0135. The lowest BCUT2D eigenvalue weighted by Gasteiger charge is -2.20. The molecule has 1 aromatic rings. The van der Waals surface area contributed by atoms with Gasteiger partial charge < -0.3 is 5.32 Å². The zero-order chi connectivity index (χ0) is 11.6. The Labute approximate surface area is 105 Å². The van der Waals surface area contributed by atoms with E-state index in [1.807, 2.05) is 45.9 Å². The first-order chi connectivity index (χ1) is 6.79. The maximum atomic E-state index is 11.8. The fraction of sp³-hybridized carbons (Fsp3) is 0.417. The summed E-state index contributed by atoms with van der Waals surface area (Å²) in [5, 5.41) is 2.94. The largest absolute Gasteiger partial charge is 0.347 e. The topological polar surface area (TPSA) is 29.1 Å². The van der Waals surface area contributed by atoms with Gasteiger partial charge in [0.15, 0.2) is 0 Å². The van der Waals surface area contributed by atoms with Crippen LogP contribution in [0.4, 0.5) is 0 Å². The van der Waals surface area contributed by atoms with Gasteiger partial charge >= 0.3 is 0 Å². The molecular formula is C12H16INO. The molecule has 3 heteroatoms. The van der Waals surface area contributed by atoms with Crippen molar-refractivity contribution in [3.05, 3.63) is 32.9 Å². The second-order valence-corrected chi connectivity index (χ2v) is 5.83. The van der Waals surface area contributed by atoms with E-state index < -0.39 is 0 Å². The smallest absolute Gasteiger partial charge is 0.251 e. The third-order valence-electron chi connectivity index (χ3n) is 1.92. The molecule has 0 unspecified atom stereocenters. The van der Waals surface area contributed by atoms with Gasteiger partial charge in [-0.1, -0.05) is 6.07 Å². The predicted molar refractivity (Wildman–Crippen MR) is 71.1 cm³/mol. The molecule has 1 rings (SSSR count). The normalized spacial score (nSPS) is 11.3. The number of carbonyl (C=O) groups is 1. The Kier molecular flexibility index (Phi) is 3.76. The van der Waals surface area contributed by atoms with Crippen LogP contribution in [0, 0.1) is 10.5 Å².